The third-order valence-corrected chi connectivity index (χ3v) is 4.30. The van der Waals surface area contributed by atoms with Crippen LogP contribution >= 0.6 is 35.5 Å². The van der Waals surface area contributed by atoms with Crippen molar-refractivity contribution < 1.29 is 4.79 Å². The van der Waals surface area contributed by atoms with E-state index >= 15 is 0 Å². The van der Waals surface area contributed by atoms with Crippen LogP contribution in [0, 0.1) is 0 Å². The predicted molar refractivity (Wildman–Crippen MR) is 67.8 cm³/mol. The first kappa shape index (κ1) is 14.5. The first-order valence-electron chi connectivity index (χ1n) is 4.97. The fraction of sp³-hybridized carbons (Fsp3) is 0.889. The van der Waals surface area contributed by atoms with Gasteiger partial charge in [-0.15, -0.1) is 0 Å². The van der Waals surface area contributed by atoms with Gasteiger partial charge in [0.1, 0.15) is 0 Å². The molecule has 84 valence electrons. The Morgan fingerprint density at radius 3 is 1.86 bits per heavy atom. The van der Waals surface area contributed by atoms with Crippen LogP contribution in [0.2, 0.25) is 0 Å². The zero-order valence-corrected chi connectivity index (χ0v) is 11.2. The number of hydrogen-bond donors (Lipinski definition) is 0. The molecule has 0 saturated carbocycles. The van der Waals surface area contributed by atoms with Gasteiger partial charge in [-0.05, 0) is 48.3 Å². The number of carbonyl (C=O) groups is 1. The van der Waals surface area contributed by atoms with E-state index < -0.39 is 0 Å². The van der Waals surface area contributed by atoms with Gasteiger partial charge in [0.15, 0.2) is 0 Å². The van der Waals surface area contributed by atoms with E-state index in [2.05, 4.69) is 13.8 Å². The minimum absolute atomic E-state index is 0.368. The van der Waals surface area contributed by atoms with Crippen LogP contribution < -0.4 is 0 Å². The molecule has 0 fully saturated rings. The van der Waals surface area contributed by atoms with E-state index in [9.17, 15) is 4.79 Å². The SMILES string of the molecule is CCCCSN(SCCCC)C(=O)Cl. The number of halogens is 1. The highest BCUT2D eigenvalue weighted by molar-refractivity contribution is 8.12. The van der Waals surface area contributed by atoms with Crippen LogP contribution in [0.4, 0.5) is 4.79 Å². The first-order chi connectivity index (χ1) is 6.72. The van der Waals surface area contributed by atoms with Crippen molar-refractivity contribution in [2.24, 2.45) is 0 Å². The van der Waals surface area contributed by atoms with Crippen molar-refractivity contribution in [1.29, 1.82) is 0 Å². The van der Waals surface area contributed by atoms with E-state index in [1.165, 1.54) is 23.9 Å². The summed E-state index contributed by atoms with van der Waals surface area (Å²) < 4.78 is 1.59. The van der Waals surface area contributed by atoms with Crippen LogP contribution in [-0.4, -0.2) is 20.6 Å². The molecule has 0 heterocycles. The van der Waals surface area contributed by atoms with Gasteiger partial charge in [-0.25, -0.2) is 3.71 Å². The van der Waals surface area contributed by atoms with Gasteiger partial charge in [0.25, 0.3) is 0 Å². The molecule has 0 aliphatic rings. The van der Waals surface area contributed by atoms with Crippen LogP contribution in [0.5, 0.6) is 0 Å². The topological polar surface area (TPSA) is 20.3 Å². The maximum absolute atomic E-state index is 11.0. The fourth-order valence-corrected chi connectivity index (χ4v) is 3.13. The van der Waals surface area contributed by atoms with Gasteiger partial charge in [-0.2, -0.15) is 0 Å². The Kier molecular flexibility index (Phi) is 10.3. The molecule has 0 aromatic carbocycles. The minimum Gasteiger partial charge on any atom is -0.253 e. The summed E-state index contributed by atoms with van der Waals surface area (Å²) >= 11 is 8.49. The van der Waals surface area contributed by atoms with Gasteiger partial charge in [0.2, 0.25) is 0 Å². The average Bonchev–Trinajstić information content (AvgIpc) is 2.15. The molecule has 0 N–H and O–H groups in total. The Balaban J connectivity index is 3.61. The molecule has 0 aliphatic heterocycles. The Labute approximate surface area is 100 Å². The lowest BCUT2D eigenvalue weighted by atomic mass is 10.4. The molecule has 0 bridgehead atoms. The number of rotatable bonds is 8. The first-order valence-corrected chi connectivity index (χ1v) is 7.24. The summed E-state index contributed by atoms with van der Waals surface area (Å²) in [5.41, 5.74) is 0. The lowest BCUT2D eigenvalue weighted by molar-refractivity contribution is 0.258. The largest absolute Gasteiger partial charge is 0.336 e. The average molecular weight is 256 g/mol. The van der Waals surface area contributed by atoms with Crippen LogP contribution in [0.1, 0.15) is 39.5 Å². The number of hydrogen-bond acceptors (Lipinski definition) is 3. The molecule has 0 atom stereocenters. The van der Waals surface area contributed by atoms with Crippen molar-refractivity contribution in [3.8, 4) is 0 Å². The second-order valence-electron chi connectivity index (χ2n) is 2.88. The van der Waals surface area contributed by atoms with Crippen molar-refractivity contribution in [2.75, 3.05) is 11.5 Å². The monoisotopic (exact) mass is 255 g/mol. The summed E-state index contributed by atoms with van der Waals surface area (Å²) in [5.74, 6) is 1.93. The molecule has 5 heteroatoms. The predicted octanol–water partition coefficient (Wildman–Crippen LogP) is 4.54. The van der Waals surface area contributed by atoms with E-state index in [0.717, 1.165) is 37.2 Å². The highest BCUT2D eigenvalue weighted by atomic mass is 35.5. The molecule has 2 nitrogen and oxygen atoms in total. The number of carbonyl (C=O) groups excluding carboxylic acids is 1. The minimum atomic E-state index is -0.368. The van der Waals surface area contributed by atoms with Crippen LogP contribution in [0.3, 0.4) is 0 Å². The van der Waals surface area contributed by atoms with E-state index in [1.54, 1.807) is 3.71 Å². The third kappa shape index (κ3) is 7.83. The normalized spacial score (nSPS) is 10.2. The smallest absolute Gasteiger partial charge is 0.253 e. The van der Waals surface area contributed by atoms with Gasteiger partial charge in [0, 0.05) is 11.5 Å². The lowest BCUT2D eigenvalue weighted by Crippen LogP contribution is -2.10. The van der Waals surface area contributed by atoms with Crippen molar-refractivity contribution in [3.05, 3.63) is 0 Å². The van der Waals surface area contributed by atoms with E-state index in [-0.39, 0.29) is 5.37 Å². The van der Waals surface area contributed by atoms with E-state index in [4.69, 9.17) is 11.6 Å². The third-order valence-electron chi connectivity index (χ3n) is 1.56. The molecular formula is C9H18ClNOS2. The number of nitrogens with zero attached hydrogens (tertiary/aromatic N) is 1. The van der Waals surface area contributed by atoms with Gasteiger partial charge in [-0.3, -0.25) is 4.79 Å². The Bertz CT molecular complexity index is 148. The highest BCUT2D eigenvalue weighted by Crippen LogP contribution is 2.25. The molecule has 0 aromatic heterocycles. The second-order valence-corrected chi connectivity index (χ2v) is 5.50. The zero-order valence-electron chi connectivity index (χ0n) is 8.79. The zero-order chi connectivity index (χ0) is 10.8. The molecule has 1 amide bonds. The maximum Gasteiger partial charge on any atom is 0.336 e. The lowest BCUT2D eigenvalue weighted by Gasteiger charge is -2.15. The van der Waals surface area contributed by atoms with Crippen LogP contribution in [0.15, 0.2) is 0 Å². The Morgan fingerprint density at radius 1 is 1.14 bits per heavy atom. The number of amides is 1. The molecule has 14 heavy (non-hydrogen) atoms. The van der Waals surface area contributed by atoms with Crippen molar-refractivity contribution in [3.63, 3.8) is 0 Å². The van der Waals surface area contributed by atoms with Crippen molar-refractivity contribution in [2.45, 2.75) is 39.5 Å². The summed E-state index contributed by atoms with van der Waals surface area (Å²) in [5, 5.41) is -0.368. The summed E-state index contributed by atoms with van der Waals surface area (Å²) in [4.78, 5) is 11.0. The quantitative estimate of drug-likeness (QED) is 0.275. The Morgan fingerprint density at radius 2 is 1.57 bits per heavy atom. The molecule has 0 saturated heterocycles. The molecule has 0 aromatic rings. The van der Waals surface area contributed by atoms with Crippen molar-refractivity contribution >= 4 is 40.9 Å². The number of unbranched alkanes of at least 4 members (excludes halogenated alkanes) is 2. The summed E-state index contributed by atoms with van der Waals surface area (Å²) in [6, 6.07) is 0. The van der Waals surface area contributed by atoms with Crippen LogP contribution in [-0.2, 0) is 0 Å². The fourth-order valence-electron chi connectivity index (χ4n) is 0.722. The van der Waals surface area contributed by atoms with Gasteiger partial charge in [-0.1, -0.05) is 26.7 Å². The molecule has 0 radical (unpaired) electrons. The maximum atomic E-state index is 11.0. The van der Waals surface area contributed by atoms with E-state index in [0.29, 0.717) is 0 Å². The molecule has 0 rings (SSSR count). The Hall–Kier alpha value is 0.460. The van der Waals surface area contributed by atoms with E-state index in [1.807, 2.05) is 0 Å². The van der Waals surface area contributed by atoms with Gasteiger partial charge >= 0.3 is 5.37 Å². The molecule has 0 unspecified atom stereocenters. The summed E-state index contributed by atoms with van der Waals surface area (Å²) in [6.45, 7) is 4.27. The van der Waals surface area contributed by atoms with Crippen LogP contribution in [0.25, 0.3) is 0 Å². The summed E-state index contributed by atoms with van der Waals surface area (Å²) in [6.07, 6.45) is 4.55. The summed E-state index contributed by atoms with van der Waals surface area (Å²) in [7, 11) is 0. The molecule has 0 aliphatic carbocycles. The van der Waals surface area contributed by atoms with Gasteiger partial charge in [0.05, 0.1) is 0 Å². The van der Waals surface area contributed by atoms with Gasteiger partial charge < -0.3 is 0 Å². The highest BCUT2D eigenvalue weighted by Gasteiger charge is 2.11. The standard InChI is InChI=1S/C9H18ClNOS2/c1-3-5-7-13-11(9(10)12)14-8-6-4-2/h3-8H2,1-2H3. The second kappa shape index (κ2) is 9.99. The molecule has 0 spiro atoms. The molecular weight excluding hydrogens is 238 g/mol. The van der Waals surface area contributed by atoms with Crippen molar-refractivity contribution in [1.82, 2.24) is 3.71 Å².